The van der Waals surface area contributed by atoms with E-state index in [0.29, 0.717) is 11.4 Å². The molecule has 2 N–H and O–H groups in total. The Labute approximate surface area is 163 Å². The van der Waals surface area contributed by atoms with Gasteiger partial charge in [-0.3, -0.25) is 0 Å². The number of anilines is 1. The maximum atomic E-state index is 10.9. The zero-order valence-electron chi connectivity index (χ0n) is 15.6. The average Bonchev–Trinajstić information content (AvgIpc) is 2.71. The maximum absolute atomic E-state index is 10.9. The normalized spacial score (nSPS) is 10.9. The lowest BCUT2D eigenvalue weighted by molar-refractivity contribution is -0.138. The minimum Gasteiger partial charge on any atom is -0.490 e. The molecule has 0 aromatic heterocycles. The van der Waals surface area contributed by atoms with Crippen molar-refractivity contribution in [2.75, 3.05) is 18.9 Å². The van der Waals surface area contributed by atoms with Gasteiger partial charge in [-0.15, -0.1) is 5.11 Å². The number of rotatable bonds is 7. The van der Waals surface area contributed by atoms with Crippen molar-refractivity contribution in [2.45, 2.75) is 6.92 Å². The number of ether oxygens (including phenoxy) is 2. The van der Waals surface area contributed by atoms with Crippen molar-refractivity contribution < 1.29 is 14.3 Å². The quantitative estimate of drug-likeness (QED) is 0.201. The molecule has 6 nitrogen and oxygen atoms in total. The van der Waals surface area contributed by atoms with Crippen molar-refractivity contribution in [3.8, 4) is 5.75 Å². The third-order valence-electron chi connectivity index (χ3n) is 4.06. The standard InChI is InChI=1S/C22H21N3O3/c1-3-22(26)28-13-12-27-17-7-5-16(6-8-17)24-25-21-11-10-20(23)19-14-15(2)4-9-18(19)21/h3-11,14H,1,12-13,23H2,2H3. The summed E-state index contributed by atoms with van der Waals surface area (Å²) in [4.78, 5) is 10.9. The number of hydrogen-bond acceptors (Lipinski definition) is 6. The van der Waals surface area contributed by atoms with Crippen LogP contribution in [0.5, 0.6) is 5.75 Å². The first-order valence-corrected chi connectivity index (χ1v) is 8.79. The molecule has 0 aliphatic rings. The minimum atomic E-state index is -0.468. The summed E-state index contributed by atoms with van der Waals surface area (Å²) in [6.45, 7) is 5.78. The van der Waals surface area contributed by atoms with Crippen molar-refractivity contribution in [1.82, 2.24) is 0 Å². The number of esters is 1. The van der Waals surface area contributed by atoms with Gasteiger partial charge >= 0.3 is 5.97 Å². The molecule has 0 saturated heterocycles. The molecule has 3 aromatic rings. The lowest BCUT2D eigenvalue weighted by atomic mass is 10.0. The number of nitrogens with two attached hydrogens (primary N) is 1. The second-order valence-corrected chi connectivity index (χ2v) is 6.14. The molecule has 6 heteroatoms. The predicted octanol–water partition coefficient (Wildman–Crippen LogP) is 5.25. The first-order valence-electron chi connectivity index (χ1n) is 8.79. The van der Waals surface area contributed by atoms with Crippen molar-refractivity contribution in [3.63, 3.8) is 0 Å². The van der Waals surface area contributed by atoms with Crippen molar-refractivity contribution in [1.29, 1.82) is 0 Å². The second kappa shape index (κ2) is 8.81. The minimum absolute atomic E-state index is 0.163. The Morgan fingerprint density at radius 3 is 2.57 bits per heavy atom. The smallest absolute Gasteiger partial charge is 0.330 e. The van der Waals surface area contributed by atoms with Gasteiger partial charge in [0.05, 0.1) is 11.4 Å². The molecule has 0 spiro atoms. The predicted molar refractivity (Wildman–Crippen MR) is 110 cm³/mol. The highest BCUT2D eigenvalue weighted by Crippen LogP contribution is 2.32. The summed E-state index contributed by atoms with van der Waals surface area (Å²) in [5.41, 5.74) is 9.39. The number of carbonyl (C=O) groups excluding carboxylic acids is 1. The molecule has 0 radical (unpaired) electrons. The molecule has 142 valence electrons. The first-order chi connectivity index (χ1) is 13.6. The molecule has 3 aromatic carbocycles. The second-order valence-electron chi connectivity index (χ2n) is 6.14. The van der Waals surface area contributed by atoms with Gasteiger partial charge in [-0.1, -0.05) is 24.3 Å². The Bertz CT molecular complexity index is 1030. The number of nitrogen functional groups attached to an aromatic ring is 1. The third kappa shape index (κ3) is 4.73. The Kier molecular flexibility index (Phi) is 6.01. The molecule has 0 atom stereocenters. The Morgan fingerprint density at radius 1 is 1.04 bits per heavy atom. The molecular formula is C22H21N3O3. The summed E-state index contributed by atoms with van der Waals surface area (Å²) in [6, 6.07) is 17.0. The highest BCUT2D eigenvalue weighted by Gasteiger charge is 2.04. The van der Waals surface area contributed by atoms with Crippen LogP contribution in [-0.4, -0.2) is 19.2 Å². The molecule has 0 heterocycles. The van der Waals surface area contributed by atoms with E-state index in [9.17, 15) is 4.79 Å². The summed E-state index contributed by atoms with van der Waals surface area (Å²) in [5, 5.41) is 10.6. The molecule has 0 saturated carbocycles. The summed E-state index contributed by atoms with van der Waals surface area (Å²) in [5.74, 6) is 0.187. The fourth-order valence-electron chi connectivity index (χ4n) is 2.64. The Balaban J connectivity index is 1.67. The van der Waals surface area contributed by atoms with Gasteiger partial charge in [0.2, 0.25) is 0 Å². The maximum Gasteiger partial charge on any atom is 0.330 e. The number of benzene rings is 3. The number of hydrogen-bond donors (Lipinski definition) is 1. The van der Waals surface area contributed by atoms with Gasteiger partial charge in [0.1, 0.15) is 19.0 Å². The van der Waals surface area contributed by atoms with E-state index in [-0.39, 0.29) is 13.2 Å². The van der Waals surface area contributed by atoms with E-state index in [1.54, 1.807) is 24.3 Å². The summed E-state index contributed by atoms with van der Waals surface area (Å²) >= 11 is 0. The van der Waals surface area contributed by atoms with Crippen LogP contribution >= 0.6 is 0 Å². The largest absolute Gasteiger partial charge is 0.490 e. The molecule has 0 aliphatic carbocycles. The monoisotopic (exact) mass is 375 g/mol. The number of azo groups is 1. The number of nitrogens with zero attached hydrogens (tertiary/aromatic N) is 2. The van der Waals surface area contributed by atoms with E-state index >= 15 is 0 Å². The topological polar surface area (TPSA) is 86.3 Å². The lowest BCUT2D eigenvalue weighted by Crippen LogP contribution is -2.09. The van der Waals surface area contributed by atoms with Gasteiger partial charge in [-0.25, -0.2) is 4.79 Å². The third-order valence-corrected chi connectivity index (χ3v) is 4.06. The van der Waals surface area contributed by atoms with Crippen LogP contribution in [-0.2, 0) is 9.53 Å². The Morgan fingerprint density at radius 2 is 1.82 bits per heavy atom. The van der Waals surface area contributed by atoms with E-state index in [1.807, 2.05) is 37.3 Å². The van der Waals surface area contributed by atoms with E-state index in [0.717, 1.165) is 33.8 Å². The van der Waals surface area contributed by atoms with Crippen molar-refractivity contribution >= 4 is 33.8 Å². The van der Waals surface area contributed by atoms with Gasteiger partial charge in [0.15, 0.2) is 0 Å². The SMILES string of the molecule is C=CC(=O)OCCOc1ccc(N=Nc2ccc(N)c3cc(C)ccc23)cc1. The van der Waals surface area contributed by atoms with Crippen LogP contribution in [0.15, 0.2) is 77.5 Å². The van der Waals surface area contributed by atoms with Gasteiger partial charge in [0, 0.05) is 22.5 Å². The van der Waals surface area contributed by atoms with Crippen LogP contribution in [0.3, 0.4) is 0 Å². The van der Waals surface area contributed by atoms with Crippen LogP contribution in [0.2, 0.25) is 0 Å². The van der Waals surface area contributed by atoms with Gasteiger partial charge in [-0.2, -0.15) is 5.11 Å². The van der Waals surface area contributed by atoms with E-state index in [2.05, 4.69) is 16.8 Å². The molecule has 0 unspecified atom stereocenters. The molecular weight excluding hydrogens is 354 g/mol. The number of aryl methyl sites for hydroxylation is 1. The lowest BCUT2D eigenvalue weighted by Gasteiger charge is -2.07. The van der Waals surface area contributed by atoms with E-state index < -0.39 is 5.97 Å². The highest BCUT2D eigenvalue weighted by atomic mass is 16.6. The van der Waals surface area contributed by atoms with Gasteiger partial charge < -0.3 is 15.2 Å². The van der Waals surface area contributed by atoms with Crippen molar-refractivity contribution in [3.05, 3.63) is 72.8 Å². The summed E-state index contributed by atoms with van der Waals surface area (Å²) in [6.07, 6.45) is 1.12. The zero-order valence-corrected chi connectivity index (χ0v) is 15.6. The summed E-state index contributed by atoms with van der Waals surface area (Å²) in [7, 11) is 0. The van der Waals surface area contributed by atoms with E-state index in [1.165, 1.54) is 0 Å². The average molecular weight is 375 g/mol. The molecule has 0 fully saturated rings. The van der Waals surface area contributed by atoms with Gasteiger partial charge in [0.25, 0.3) is 0 Å². The molecule has 3 rings (SSSR count). The Hall–Kier alpha value is -3.67. The fraction of sp³-hybridized carbons (Fsp3) is 0.136. The molecule has 0 amide bonds. The summed E-state index contributed by atoms with van der Waals surface area (Å²) < 4.78 is 10.4. The fourth-order valence-corrected chi connectivity index (χ4v) is 2.64. The van der Waals surface area contributed by atoms with Crippen LogP contribution in [0.25, 0.3) is 10.8 Å². The highest BCUT2D eigenvalue weighted by molar-refractivity contribution is 6.00. The van der Waals surface area contributed by atoms with Crippen molar-refractivity contribution in [2.24, 2.45) is 10.2 Å². The number of carbonyl (C=O) groups is 1. The van der Waals surface area contributed by atoms with Crippen LogP contribution < -0.4 is 10.5 Å². The first kappa shape index (κ1) is 19.1. The van der Waals surface area contributed by atoms with Gasteiger partial charge in [-0.05, 0) is 49.4 Å². The molecule has 0 aliphatic heterocycles. The zero-order chi connectivity index (χ0) is 19.9. The number of fused-ring (bicyclic) bond motifs is 1. The molecule has 0 bridgehead atoms. The van der Waals surface area contributed by atoms with Crippen LogP contribution in [0.4, 0.5) is 17.1 Å². The molecule has 28 heavy (non-hydrogen) atoms. The van der Waals surface area contributed by atoms with Crippen LogP contribution in [0.1, 0.15) is 5.56 Å². The van der Waals surface area contributed by atoms with E-state index in [4.69, 9.17) is 15.2 Å². The van der Waals surface area contributed by atoms with Crippen LogP contribution in [0, 0.1) is 6.92 Å².